The first-order valence-corrected chi connectivity index (χ1v) is 6.59. The molecule has 0 radical (unpaired) electrons. The lowest BCUT2D eigenvalue weighted by molar-refractivity contribution is -0.308. The standard InChI is InChI=1S/C17H18F6/c1-5-9-10-12-14(8-4)15(16(18,19)20,17(21,22)23)13(7-3)11-6-2/h5-12H,2-3H2,1,4H3/b9-5-,12-10-,13-11+,14-8+. The zero-order valence-electron chi connectivity index (χ0n) is 12.8. The van der Waals surface area contributed by atoms with Gasteiger partial charge in [0.15, 0.2) is 0 Å². The highest BCUT2D eigenvalue weighted by atomic mass is 19.4. The van der Waals surface area contributed by atoms with E-state index in [1.165, 1.54) is 12.2 Å². The van der Waals surface area contributed by atoms with E-state index in [9.17, 15) is 26.3 Å². The van der Waals surface area contributed by atoms with Crippen LogP contribution in [-0.4, -0.2) is 12.4 Å². The summed E-state index contributed by atoms with van der Waals surface area (Å²) in [6.07, 6.45) is -3.61. The van der Waals surface area contributed by atoms with Gasteiger partial charge in [-0.3, -0.25) is 0 Å². The van der Waals surface area contributed by atoms with Gasteiger partial charge in [-0.15, -0.1) is 0 Å². The van der Waals surface area contributed by atoms with Gasteiger partial charge in [-0.05, 0) is 25.0 Å². The smallest absolute Gasteiger partial charge is 0.169 e. The van der Waals surface area contributed by atoms with Crippen LogP contribution in [-0.2, 0) is 0 Å². The Morgan fingerprint density at radius 1 is 0.826 bits per heavy atom. The van der Waals surface area contributed by atoms with Crippen LogP contribution in [0.4, 0.5) is 26.3 Å². The van der Waals surface area contributed by atoms with E-state index in [0.717, 1.165) is 31.2 Å². The fourth-order valence-corrected chi connectivity index (χ4v) is 2.16. The van der Waals surface area contributed by atoms with Crippen LogP contribution >= 0.6 is 0 Å². The molecular formula is C17H18F6. The Bertz CT molecular complexity index is 524. The van der Waals surface area contributed by atoms with Crippen molar-refractivity contribution < 1.29 is 26.3 Å². The molecule has 0 unspecified atom stereocenters. The lowest BCUT2D eigenvalue weighted by Crippen LogP contribution is -2.52. The average Bonchev–Trinajstić information content (AvgIpc) is 2.42. The summed E-state index contributed by atoms with van der Waals surface area (Å²) in [5.41, 5.74) is -6.16. The number of hydrogen-bond donors (Lipinski definition) is 0. The van der Waals surface area contributed by atoms with Crippen LogP contribution in [0.15, 0.2) is 72.9 Å². The van der Waals surface area contributed by atoms with E-state index in [1.807, 2.05) is 0 Å². The van der Waals surface area contributed by atoms with Crippen molar-refractivity contribution in [1.29, 1.82) is 0 Å². The third kappa shape index (κ3) is 4.06. The minimum atomic E-state index is -5.61. The summed E-state index contributed by atoms with van der Waals surface area (Å²) < 4.78 is 81.9. The van der Waals surface area contributed by atoms with E-state index in [4.69, 9.17) is 0 Å². The molecule has 0 saturated carbocycles. The van der Waals surface area contributed by atoms with E-state index in [2.05, 4.69) is 13.2 Å². The molecule has 0 aliphatic carbocycles. The summed E-state index contributed by atoms with van der Waals surface area (Å²) in [6, 6.07) is 0. The van der Waals surface area contributed by atoms with Crippen LogP contribution in [0.25, 0.3) is 0 Å². The van der Waals surface area contributed by atoms with Crippen molar-refractivity contribution in [2.45, 2.75) is 26.2 Å². The van der Waals surface area contributed by atoms with E-state index < -0.39 is 28.9 Å². The van der Waals surface area contributed by atoms with Gasteiger partial charge in [-0.1, -0.05) is 61.8 Å². The molecule has 6 heteroatoms. The van der Waals surface area contributed by atoms with Crippen LogP contribution in [0.5, 0.6) is 0 Å². The summed E-state index contributed by atoms with van der Waals surface area (Å²) >= 11 is 0. The first-order chi connectivity index (χ1) is 10.5. The first-order valence-electron chi connectivity index (χ1n) is 6.59. The maximum Gasteiger partial charge on any atom is 0.411 e. The van der Waals surface area contributed by atoms with Gasteiger partial charge in [0.2, 0.25) is 5.41 Å². The Labute approximate surface area is 131 Å². The van der Waals surface area contributed by atoms with Gasteiger partial charge in [0.05, 0.1) is 0 Å². The van der Waals surface area contributed by atoms with Crippen LogP contribution < -0.4 is 0 Å². The monoisotopic (exact) mass is 336 g/mol. The molecular weight excluding hydrogens is 318 g/mol. The number of rotatable bonds is 6. The molecule has 0 bridgehead atoms. The summed E-state index contributed by atoms with van der Waals surface area (Å²) in [5, 5.41) is 0. The molecule has 128 valence electrons. The molecule has 0 heterocycles. The number of alkyl halides is 6. The molecule has 0 fully saturated rings. The number of hydrogen-bond acceptors (Lipinski definition) is 0. The Hall–Kier alpha value is -1.98. The Morgan fingerprint density at radius 2 is 1.35 bits per heavy atom. The molecule has 0 aromatic rings. The van der Waals surface area contributed by atoms with E-state index in [-0.39, 0.29) is 0 Å². The van der Waals surface area contributed by atoms with Crippen molar-refractivity contribution in [2.24, 2.45) is 5.41 Å². The molecule has 0 atom stereocenters. The molecule has 0 amide bonds. The first kappa shape index (κ1) is 21.0. The number of allylic oxidation sites excluding steroid dienone is 10. The quantitative estimate of drug-likeness (QED) is 0.385. The lowest BCUT2D eigenvalue weighted by Gasteiger charge is -2.39. The van der Waals surface area contributed by atoms with Crippen molar-refractivity contribution in [3.63, 3.8) is 0 Å². The summed E-state index contributed by atoms with van der Waals surface area (Å²) in [7, 11) is 0. The van der Waals surface area contributed by atoms with Crippen LogP contribution in [0.2, 0.25) is 0 Å². The Balaban J connectivity index is 6.89. The van der Waals surface area contributed by atoms with Crippen LogP contribution in [0.3, 0.4) is 0 Å². The predicted octanol–water partition coefficient (Wildman–Crippen LogP) is 6.47. The zero-order valence-corrected chi connectivity index (χ0v) is 12.8. The van der Waals surface area contributed by atoms with Crippen molar-refractivity contribution >= 4 is 0 Å². The fourth-order valence-electron chi connectivity index (χ4n) is 2.16. The molecule has 0 aromatic carbocycles. The Morgan fingerprint density at radius 3 is 1.65 bits per heavy atom. The van der Waals surface area contributed by atoms with Crippen molar-refractivity contribution in [1.82, 2.24) is 0 Å². The normalized spacial score (nSPS) is 15.5. The Kier molecular flexibility index (Phi) is 7.34. The molecule has 0 saturated heterocycles. The average molecular weight is 336 g/mol. The van der Waals surface area contributed by atoms with Crippen molar-refractivity contribution in [3.05, 3.63) is 72.9 Å². The highest BCUT2D eigenvalue weighted by Gasteiger charge is 2.73. The van der Waals surface area contributed by atoms with Gasteiger partial charge in [-0.2, -0.15) is 26.3 Å². The molecule has 0 nitrogen and oxygen atoms in total. The van der Waals surface area contributed by atoms with Gasteiger partial charge in [0.1, 0.15) is 0 Å². The molecule has 0 aliphatic rings. The predicted molar refractivity (Wildman–Crippen MR) is 80.7 cm³/mol. The molecule has 0 N–H and O–H groups in total. The second kappa shape index (κ2) is 8.04. The van der Waals surface area contributed by atoms with Gasteiger partial charge >= 0.3 is 12.4 Å². The van der Waals surface area contributed by atoms with Gasteiger partial charge in [0, 0.05) is 0 Å². The van der Waals surface area contributed by atoms with Crippen LogP contribution in [0, 0.1) is 5.41 Å². The summed E-state index contributed by atoms with van der Waals surface area (Å²) in [6.45, 7) is 9.00. The number of halogens is 6. The van der Waals surface area contributed by atoms with Gasteiger partial charge < -0.3 is 0 Å². The van der Waals surface area contributed by atoms with E-state index >= 15 is 0 Å². The maximum atomic E-state index is 13.6. The largest absolute Gasteiger partial charge is 0.411 e. The zero-order chi connectivity index (χ0) is 18.3. The minimum absolute atomic E-state index is 0.551. The molecule has 23 heavy (non-hydrogen) atoms. The highest BCUT2D eigenvalue weighted by molar-refractivity contribution is 5.46. The highest BCUT2D eigenvalue weighted by Crippen LogP contribution is 2.59. The van der Waals surface area contributed by atoms with E-state index in [1.54, 1.807) is 6.92 Å². The third-order valence-corrected chi connectivity index (χ3v) is 3.12. The summed E-state index contributed by atoms with van der Waals surface area (Å²) in [5.74, 6) is 0. The topological polar surface area (TPSA) is 0 Å². The third-order valence-electron chi connectivity index (χ3n) is 3.12. The lowest BCUT2D eigenvalue weighted by atomic mass is 9.71. The SMILES string of the molecule is C=C/C=C(\C=C)C(C(/C=C\C=C/C)=C/C)(C(F)(F)F)C(F)(F)F. The van der Waals surface area contributed by atoms with Crippen LogP contribution in [0.1, 0.15) is 13.8 Å². The second-order valence-corrected chi connectivity index (χ2v) is 4.44. The molecule has 0 rings (SSSR count). The van der Waals surface area contributed by atoms with Crippen molar-refractivity contribution in [2.75, 3.05) is 0 Å². The second-order valence-electron chi connectivity index (χ2n) is 4.44. The fraction of sp³-hybridized carbons (Fsp3) is 0.294. The summed E-state index contributed by atoms with van der Waals surface area (Å²) in [4.78, 5) is 0. The molecule has 0 aliphatic heterocycles. The van der Waals surface area contributed by atoms with E-state index in [0.29, 0.717) is 12.2 Å². The maximum absolute atomic E-state index is 13.6. The van der Waals surface area contributed by atoms with Gasteiger partial charge in [-0.25, -0.2) is 0 Å². The van der Waals surface area contributed by atoms with Gasteiger partial charge in [0.25, 0.3) is 0 Å². The molecule has 0 spiro atoms. The minimum Gasteiger partial charge on any atom is -0.169 e. The van der Waals surface area contributed by atoms with Crippen molar-refractivity contribution in [3.8, 4) is 0 Å². The molecule has 0 aromatic heterocycles.